The van der Waals surface area contributed by atoms with E-state index in [1.165, 1.54) is 77.0 Å². The number of esters is 2. The highest BCUT2D eigenvalue weighted by Crippen LogP contribution is 2.19. The predicted octanol–water partition coefficient (Wildman–Crippen LogP) is 10.7. The van der Waals surface area contributed by atoms with Gasteiger partial charge in [-0.3, -0.25) is 19.2 Å². The number of carbonyl (C=O) groups is 4. The minimum Gasteiger partial charge on any atom is -0.481 e. The highest BCUT2D eigenvalue weighted by atomic mass is 16.6. The van der Waals surface area contributed by atoms with Crippen molar-refractivity contribution < 1.29 is 38.9 Å². The van der Waals surface area contributed by atoms with Crippen molar-refractivity contribution in [2.45, 2.75) is 155 Å². The summed E-state index contributed by atoms with van der Waals surface area (Å²) < 4.78 is 10.9. The van der Waals surface area contributed by atoms with Crippen LogP contribution in [0.4, 0.5) is 0 Å². The number of carboxylic acid groups (broad SMARTS) is 2. The second kappa shape index (κ2) is 30.2. The van der Waals surface area contributed by atoms with Gasteiger partial charge in [-0.1, -0.05) is 190 Å². The van der Waals surface area contributed by atoms with Gasteiger partial charge >= 0.3 is 23.9 Å². The molecule has 0 atom stereocenters. The zero-order valence-electron chi connectivity index (χ0n) is 30.8. The van der Waals surface area contributed by atoms with E-state index in [1.54, 1.807) is 0 Å². The fourth-order valence-electron chi connectivity index (χ4n) is 5.66. The largest absolute Gasteiger partial charge is 0.481 e. The zero-order chi connectivity index (χ0) is 36.7. The van der Waals surface area contributed by atoms with E-state index >= 15 is 0 Å². The van der Waals surface area contributed by atoms with Crippen molar-refractivity contribution in [3.05, 3.63) is 71.8 Å². The van der Waals surface area contributed by atoms with E-state index in [0.717, 1.165) is 43.2 Å². The van der Waals surface area contributed by atoms with Gasteiger partial charge in [-0.15, -0.1) is 0 Å². The number of aliphatic carboxylic acids is 2. The number of carbonyl (C=O) groups excluding carboxylic acids is 2. The Morgan fingerprint density at radius 1 is 0.460 bits per heavy atom. The Morgan fingerprint density at radius 3 is 1.08 bits per heavy atom. The fourth-order valence-corrected chi connectivity index (χ4v) is 5.66. The Bertz CT molecular complexity index is 1080. The summed E-state index contributed by atoms with van der Waals surface area (Å²) in [5.74, 6) is -5.52. The lowest BCUT2D eigenvalue weighted by Gasteiger charge is -2.16. The molecule has 0 bridgehead atoms. The number of ether oxygens (including phenoxy) is 2. The molecule has 0 aromatic heterocycles. The lowest BCUT2D eigenvalue weighted by Crippen LogP contribution is -2.28. The van der Waals surface area contributed by atoms with Crippen LogP contribution in [-0.2, 0) is 41.9 Å². The third kappa shape index (κ3) is 22.9. The van der Waals surface area contributed by atoms with Crippen LogP contribution < -0.4 is 0 Å². The summed E-state index contributed by atoms with van der Waals surface area (Å²) in [6, 6.07) is 19.0. The molecule has 2 aromatic rings. The van der Waals surface area contributed by atoms with Crippen LogP contribution in [0.1, 0.15) is 153 Å². The van der Waals surface area contributed by atoms with Gasteiger partial charge in [-0.25, -0.2) is 0 Å². The number of carboxylic acids is 2. The smallest absolute Gasteiger partial charge is 0.320 e. The van der Waals surface area contributed by atoms with Crippen molar-refractivity contribution in [1.29, 1.82) is 0 Å². The van der Waals surface area contributed by atoms with E-state index in [1.807, 2.05) is 60.7 Å². The first-order valence-electron chi connectivity index (χ1n) is 19.2. The molecule has 50 heavy (non-hydrogen) atoms. The Morgan fingerprint density at radius 2 is 0.760 bits per heavy atom. The summed E-state index contributed by atoms with van der Waals surface area (Å²) >= 11 is 0. The monoisotopic (exact) mass is 696 g/mol. The van der Waals surface area contributed by atoms with Crippen LogP contribution in [0.25, 0.3) is 0 Å². The van der Waals surface area contributed by atoms with Gasteiger partial charge in [0.1, 0.15) is 13.2 Å². The van der Waals surface area contributed by atoms with Crippen LogP contribution in [0, 0.1) is 11.8 Å². The number of benzene rings is 2. The van der Waals surface area contributed by atoms with Gasteiger partial charge in [0.2, 0.25) is 0 Å². The van der Waals surface area contributed by atoms with Crippen molar-refractivity contribution in [2.24, 2.45) is 11.8 Å². The second-order valence-electron chi connectivity index (χ2n) is 13.2. The van der Waals surface area contributed by atoms with E-state index in [-0.39, 0.29) is 19.6 Å². The average Bonchev–Trinajstić information content (AvgIpc) is 3.12. The highest BCUT2D eigenvalue weighted by molar-refractivity contribution is 5.95. The van der Waals surface area contributed by atoms with Gasteiger partial charge < -0.3 is 19.7 Å². The molecule has 0 unspecified atom stereocenters. The SMILES string of the molecule is CCCCCCCCCCCC(C(=O)O)C(=O)O.CCCCCCCCCCCC(C(=O)OCc1ccccc1)C(=O)OCc1ccccc1. The maximum Gasteiger partial charge on any atom is 0.320 e. The third-order valence-corrected chi connectivity index (χ3v) is 8.81. The van der Waals surface area contributed by atoms with Crippen LogP contribution in [0.5, 0.6) is 0 Å². The normalized spacial score (nSPS) is 10.8. The van der Waals surface area contributed by atoms with E-state index in [0.29, 0.717) is 12.8 Å². The molecule has 0 amide bonds. The zero-order valence-corrected chi connectivity index (χ0v) is 30.8. The van der Waals surface area contributed by atoms with Gasteiger partial charge in [0.25, 0.3) is 0 Å². The number of rotatable bonds is 28. The molecule has 0 fully saturated rings. The minimum atomic E-state index is -1.23. The molecule has 0 aliphatic rings. The quantitative estimate of drug-likeness (QED) is 0.0511. The summed E-state index contributed by atoms with van der Waals surface area (Å²) in [4.78, 5) is 46.7. The summed E-state index contributed by atoms with van der Waals surface area (Å²) in [6.45, 7) is 4.76. The number of hydrogen-bond acceptors (Lipinski definition) is 6. The molecule has 2 aromatic carbocycles. The van der Waals surface area contributed by atoms with E-state index in [9.17, 15) is 19.2 Å². The molecule has 2 rings (SSSR count). The molecule has 0 saturated heterocycles. The minimum absolute atomic E-state index is 0.167. The van der Waals surface area contributed by atoms with Crippen LogP contribution >= 0.6 is 0 Å². The Kier molecular flexibility index (Phi) is 26.8. The van der Waals surface area contributed by atoms with Gasteiger partial charge in [0.05, 0.1) is 0 Å². The standard InChI is InChI=1S/C28H38O4.C14H26O4/c1-2-3-4-5-6-7-8-9-16-21-26(27(29)31-22-24-17-12-10-13-18-24)28(30)32-23-25-19-14-11-15-20-25;1-2-3-4-5-6-7-8-9-10-11-12(13(15)16)14(17)18/h10-15,17-20,26H,2-9,16,21-23H2,1H3;12H,2-11H2,1H3,(H,15,16)(H,17,18). The lowest BCUT2D eigenvalue weighted by molar-refractivity contribution is -0.164. The topological polar surface area (TPSA) is 127 Å². The van der Waals surface area contributed by atoms with Crippen LogP contribution in [-0.4, -0.2) is 34.1 Å². The maximum atomic E-state index is 12.7. The first kappa shape index (κ1) is 44.3. The molecule has 8 nitrogen and oxygen atoms in total. The Labute approximate surface area is 301 Å². The van der Waals surface area contributed by atoms with Crippen molar-refractivity contribution >= 4 is 23.9 Å². The third-order valence-electron chi connectivity index (χ3n) is 8.81. The summed E-state index contributed by atoms with van der Waals surface area (Å²) in [5.41, 5.74) is 1.81. The van der Waals surface area contributed by atoms with Gasteiger partial charge in [0.15, 0.2) is 11.8 Å². The first-order chi connectivity index (χ1) is 24.3. The Hall–Kier alpha value is -3.68. The number of unbranched alkanes of at least 4 members (excludes halogenated alkanes) is 16. The molecule has 280 valence electrons. The molecule has 2 N–H and O–H groups in total. The molecule has 8 heteroatoms. The Balaban J connectivity index is 0.000000591. The van der Waals surface area contributed by atoms with Crippen molar-refractivity contribution in [3.63, 3.8) is 0 Å². The van der Waals surface area contributed by atoms with Gasteiger partial charge in [-0.05, 0) is 24.0 Å². The molecule has 0 heterocycles. The van der Waals surface area contributed by atoms with Gasteiger partial charge in [-0.2, -0.15) is 0 Å². The second-order valence-corrected chi connectivity index (χ2v) is 13.2. The van der Waals surface area contributed by atoms with E-state index in [2.05, 4.69) is 13.8 Å². The van der Waals surface area contributed by atoms with E-state index < -0.39 is 35.7 Å². The van der Waals surface area contributed by atoms with Crippen molar-refractivity contribution in [3.8, 4) is 0 Å². The number of hydrogen-bond donors (Lipinski definition) is 2. The maximum absolute atomic E-state index is 12.7. The summed E-state index contributed by atoms with van der Waals surface area (Å²) in [7, 11) is 0. The molecule has 0 aliphatic carbocycles. The molecule has 0 radical (unpaired) electrons. The average molecular weight is 697 g/mol. The highest BCUT2D eigenvalue weighted by Gasteiger charge is 2.29. The van der Waals surface area contributed by atoms with E-state index in [4.69, 9.17) is 19.7 Å². The lowest BCUT2D eigenvalue weighted by atomic mass is 10.00. The molecule has 0 aliphatic heterocycles. The molecular weight excluding hydrogens is 632 g/mol. The first-order valence-corrected chi connectivity index (χ1v) is 19.2. The van der Waals surface area contributed by atoms with Crippen LogP contribution in [0.15, 0.2) is 60.7 Å². The molecular formula is C42H64O8. The van der Waals surface area contributed by atoms with Crippen molar-refractivity contribution in [2.75, 3.05) is 0 Å². The fraction of sp³-hybridized carbons (Fsp3) is 0.619. The van der Waals surface area contributed by atoms with Crippen LogP contribution in [0.2, 0.25) is 0 Å². The summed E-state index contributed by atoms with van der Waals surface area (Å²) in [5, 5.41) is 17.4. The van der Waals surface area contributed by atoms with Crippen LogP contribution in [0.3, 0.4) is 0 Å². The van der Waals surface area contributed by atoms with Gasteiger partial charge in [0, 0.05) is 0 Å². The predicted molar refractivity (Wildman–Crippen MR) is 198 cm³/mol. The molecule has 0 spiro atoms. The molecule has 0 saturated carbocycles. The summed E-state index contributed by atoms with van der Waals surface area (Å²) in [6.07, 6.45) is 21.6. The van der Waals surface area contributed by atoms with Crippen molar-refractivity contribution in [1.82, 2.24) is 0 Å².